The normalized spacial score (nSPS) is 12.5. The van der Waals surface area contributed by atoms with Gasteiger partial charge in [0.2, 0.25) is 0 Å². The van der Waals surface area contributed by atoms with Crippen LogP contribution in [0.5, 0.6) is 0 Å². The van der Waals surface area contributed by atoms with Crippen molar-refractivity contribution in [3.63, 3.8) is 0 Å². The number of rotatable bonds is 8. The van der Waals surface area contributed by atoms with Gasteiger partial charge in [-0.05, 0) is 43.9 Å². The summed E-state index contributed by atoms with van der Waals surface area (Å²) in [7, 11) is 0. The van der Waals surface area contributed by atoms with E-state index in [9.17, 15) is 10.1 Å². The van der Waals surface area contributed by atoms with Crippen molar-refractivity contribution in [2.75, 3.05) is 6.54 Å². The van der Waals surface area contributed by atoms with Gasteiger partial charge in [-0.3, -0.25) is 4.79 Å². The van der Waals surface area contributed by atoms with E-state index in [0.29, 0.717) is 12.6 Å². The Bertz CT molecular complexity index is 1040. The molecule has 4 heteroatoms. The number of aryl methyl sites for hydroxylation is 1. The lowest BCUT2D eigenvalue weighted by atomic mass is 10.1. The second kappa shape index (κ2) is 9.75. The van der Waals surface area contributed by atoms with Gasteiger partial charge in [-0.1, -0.05) is 55.5 Å². The zero-order valence-corrected chi connectivity index (χ0v) is 17.1. The Balaban J connectivity index is 1.72. The summed E-state index contributed by atoms with van der Waals surface area (Å²) in [6.45, 7) is 4.87. The lowest BCUT2D eigenvalue weighted by Gasteiger charge is -2.12. The average Bonchev–Trinajstić information content (AvgIpc) is 3.13. The third-order valence-electron chi connectivity index (χ3n) is 5.27. The van der Waals surface area contributed by atoms with E-state index in [0.717, 1.165) is 35.7 Å². The SMILES string of the molecule is CC[C@H](C)n1cc(/C=C(/C#N)C(=O)NCCCc2ccccc2)c2ccccc21. The van der Waals surface area contributed by atoms with Crippen LogP contribution in [0.2, 0.25) is 0 Å². The van der Waals surface area contributed by atoms with Crippen LogP contribution in [0.3, 0.4) is 0 Å². The molecule has 0 fully saturated rings. The fraction of sp³-hybridized carbons (Fsp3) is 0.280. The summed E-state index contributed by atoms with van der Waals surface area (Å²) in [5.74, 6) is -0.319. The summed E-state index contributed by atoms with van der Waals surface area (Å²) in [5, 5.41) is 13.5. The van der Waals surface area contributed by atoms with Gasteiger partial charge >= 0.3 is 0 Å². The highest BCUT2D eigenvalue weighted by Crippen LogP contribution is 2.27. The smallest absolute Gasteiger partial charge is 0.261 e. The maximum absolute atomic E-state index is 12.5. The van der Waals surface area contributed by atoms with E-state index in [4.69, 9.17) is 0 Å². The lowest BCUT2D eigenvalue weighted by molar-refractivity contribution is -0.117. The number of hydrogen-bond acceptors (Lipinski definition) is 2. The number of fused-ring (bicyclic) bond motifs is 1. The van der Waals surface area contributed by atoms with Gasteiger partial charge in [-0.2, -0.15) is 5.26 Å². The molecule has 0 saturated heterocycles. The van der Waals surface area contributed by atoms with Gasteiger partial charge in [0.1, 0.15) is 11.6 Å². The van der Waals surface area contributed by atoms with Crippen LogP contribution in [0.4, 0.5) is 0 Å². The number of benzene rings is 2. The largest absolute Gasteiger partial charge is 0.351 e. The minimum absolute atomic E-state index is 0.136. The summed E-state index contributed by atoms with van der Waals surface area (Å²) in [5.41, 5.74) is 3.40. The number of aromatic nitrogens is 1. The van der Waals surface area contributed by atoms with Gasteiger partial charge in [-0.15, -0.1) is 0 Å². The first-order valence-electron chi connectivity index (χ1n) is 10.2. The fourth-order valence-electron chi connectivity index (χ4n) is 3.45. The van der Waals surface area contributed by atoms with Gasteiger partial charge in [0.15, 0.2) is 0 Å². The molecule has 3 aromatic rings. The van der Waals surface area contributed by atoms with Crippen LogP contribution < -0.4 is 5.32 Å². The van der Waals surface area contributed by atoms with Crippen molar-refractivity contribution in [2.24, 2.45) is 0 Å². The summed E-state index contributed by atoms with van der Waals surface area (Å²) in [4.78, 5) is 12.5. The molecule has 0 radical (unpaired) electrons. The summed E-state index contributed by atoms with van der Waals surface area (Å²) < 4.78 is 2.22. The molecule has 0 spiro atoms. The first kappa shape index (κ1) is 20.4. The predicted molar refractivity (Wildman–Crippen MR) is 118 cm³/mol. The second-order valence-electron chi connectivity index (χ2n) is 7.28. The predicted octanol–water partition coefficient (Wildman–Crippen LogP) is 5.27. The van der Waals surface area contributed by atoms with Gasteiger partial charge in [0.05, 0.1) is 0 Å². The van der Waals surface area contributed by atoms with Crippen LogP contribution >= 0.6 is 0 Å². The van der Waals surface area contributed by atoms with Crippen molar-refractivity contribution >= 4 is 22.9 Å². The molecule has 3 rings (SSSR count). The first-order chi connectivity index (χ1) is 14.1. The molecule has 4 nitrogen and oxygen atoms in total. The van der Waals surface area contributed by atoms with Crippen molar-refractivity contribution in [1.82, 2.24) is 9.88 Å². The molecule has 1 heterocycles. The highest BCUT2D eigenvalue weighted by molar-refractivity contribution is 6.04. The number of nitriles is 1. The van der Waals surface area contributed by atoms with Crippen LogP contribution in [-0.4, -0.2) is 17.0 Å². The zero-order chi connectivity index (χ0) is 20.6. The molecule has 2 aromatic carbocycles. The number of amides is 1. The van der Waals surface area contributed by atoms with E-state index < -0.39 is 0 Å². The maximum Gasteiger partial charge on any atom is 0.261 e. The van der Waals surface area contributed by atoms with Gasteiger partial charge in [-0.25, -0.2) is 0 Å². The van der Waals surface area contributed by atoms with E-state index in [1.165, 1.54) is 5.56 Å². The third-order valence-corrected chi connectivity index (χ3v) is 5.27. The van der Waals surface area contributed by atoms with Crippen LogP contribution in [0.1, 0.15) is 43.9 Å². The molecule has 1 amide bonds. The van der Waals surface area contributed by atoms with Crippen LogP contribution in [0.25, 0.3) is 17.0 Å². The monoisotopic (exact) mass is 385 g/mol. The standard InChI is InChI=1S/C25H27N3O/c1-3-19(2)28-18-22(23-13-7-8-14-24(23)28)16-21(17-26)25(29)27-15-9-12-20-10-5-4-6-11-20/h4-8,10-11,13-14,16,18-19H,3,9,12,15H2,1-2H3,(H,27,29)/b21-16-/t19-/m0/s1. The quantitative estimate of drug-likeness (QED) is 0.326. The van der Waals surface area contributed by atoms with Crippen LogP contribution in [-0.2, 0) is 11.2 Å². The summed E-state index contributed by atoms with van der Waals surface area (Å²) >= 11 is 0. The van der Waals surface area contributed by atoms with Gasteiger partial charge < -0.3 is 9.88 Å². The number of carbonyl (C=O) groups is 1. The Kier molecular flexibility index (Phi) is 6.86. The Morgan fingerprint density at radius 2 is 1.90 bits per heavy atom. The highest BCUT2D eigenvalue weighted by atomic mass is 16.1. The van der Waals surface area contributed by atoms with Gasteiger partial charge in [0.25, 0.3) is 5.91 Å². The topological polar surface area (TPSA) is 57.8 Å². The number of nitrogens with one attached hydrogen (secondary N) is 1. The van der Waals surface area contributed by atoms with Crippen molar-refractivity contribution in [3.8, 4) is 6.07 Å². The number of hydrogen-bond donors (Lipinski definition) is 1. The first-order valence-corrected chi connectivity index (χ1v) is 10.2. The van der Waals surface area contributed by atoms with Crippen molar-refractivity contribution in [3.05, 3.63) is 77.5 Å². The second-order valence-corrected chi connectivity index (χ2v) is 7.28. The molecular formula is C25H27N3O. The van der Waals surface area contributed by atoms with E-state index in [1.807, 2.05) is 42.6 Å². The molecule has 0 unspecified atom stereocenters. The van der Waals surface area contributed by atoms with Crippen molar-refractivity contribution < 1.29 is 4.79 Å². The minimum atomic E-state index is -0.319. The third kappa shape index (κ3) is 4.94. The fourth-order valence-corrected chi connectivity index (χ4v) is 3.45. The Hall–Kier alpha value is -3.32. The van der Waals surface area contributed by atoms with E-state index in [2.05, 4.69) is 48.0 Å². The molecule has 1 N–H and O–H groups in total. The molecule has 1 atom stereocenters. The van der Waals surface area contributed by atoms with E-state index in [1.54, 1.807) is 6.08 Å². The summed E-state index contributed by atoms with van der Waals surface area (Å²) in [6.07, 6.45) is 6.48. The molecular weight excluding hydrogens is 358 g/mol. The Morgan fingerprint density at radius 3 is 2.62 bits per heavy atom. The zero-order valence-electron chi connectivity index (χ0n) is 17.1. The maximum atomic E-state index is 12.5. The lowest BCUT2D eigenvalue weighted by Crippen LogP contribution is -2.25. The van der Waals surface area contributed by atoms with Crippen LogP contribution in [0.15, 0.2) is 66.4 Å². The van der Waals surface area contributed by atoms with Crippen molar-refractivity contribution in [2.45, 2.75) is 39.2 Å². The highest BCUT2D eigenvalue weighted by Gasteiger charge is 2.14. The molecule has 0 bridgehead atoms. The van der Waals surface area contributed by atoms with Gasteiger partial charge in [0, 0.05) is 35.2 Å². The molecule has 0 aliphatic carbocycles. The molecule has 1 aromatic heterocycles. The minimum Gasteiger partial charge on any atom is -0.351 e. The van der Waals surface area contributed by atoms with E-state index in [-0.39, 0.29) is 11.5 Å². The molecule has 148 valence electrons. The Labute approximate surface area is 172 Å². The number of carbonyl (C=O) groups excluding carboxylic acids is 1. The molecule has 0 aliphatic rings. The van der Waals surface area contributed by atoms with Crippen LogP contribution in [0, 0.1) is 11.3 Å². The molecule has 0 saturated carbocycles. The van der Waals surface area contributed by atoms with E-state index >= 15 is 0 Å². The average molecular weight is 386 g/mol. The molecule has 0 aliphatic heterocycles. The summed E-state index contributed by atoms with van der Waals surface area (Å²) in [6, 6.07) is 20.7. The van der Waals surface area contributed by atoms with Crippen molar-refractivity contribution in [1.29, 1.82) is 5.26 Å². The number of para-hydroxylation sites is 1. The molecule has 29 heavy (non-hydrogen) atoms. The number of nitrogens with zero attached hydrogens (tertiary/aromatic N) is 2. The Morgan fingerprint density at radius 1 is 1.17 bits per heavy atom.